The summed E-state index contributed by atoms with van der Waals surface area (Å²) in [5.74, 6) is 0.836. The zero-order chi connectivity index (χ0) is 22.6. The van der Waals surface area contributed by atoms with Crippen molar-refractivity contribution < 1.29 is 17.9 Å². The Bertz CT molecular complexity index is 1140. The minimum Gasteiger partial charge on any atom is -0.497 e. The number of rotatable bonds is 9. The average Bonchev–Trinajstić information content (AvgIpc) is 3.46. The Morgan fingerprint density at radius 2 is 2.00 bits per heavy atom. The van der Waals surface area contributed by atoms with Gasteiger partial charge in [0.25, 0.3) is 0 Å². The molecule has 4 rings (SSSR count). The van der Waals surface area contributed by atoms with Crippen molar-refractivity contribution in [1.29, 1.82) is 0 Å². The predicted octanol–water partition coefficient (Wildman–Crippen LogP) is 2.86. The van der Waals surface area contributed by atoms with Gasteiger partial charge in [-0.25, -0.2) is 13.1 Å². The quantitative estimate of drug-likeness (QED) is 0.489. The molecule has 1 saturated heterocycles. The van der Waals surface area contributed by atoms with Crippen LogP contribution in [-0.4, -0.2) is 60.9 Å². The summed E-state index contributed by atoms with van der Waals surface area (Å²) in [5.41, 5.74) is 2.75. The number of aromatic nitrogens is 3. The number of methoxy groups -OCH3 is 1. The topological polar surface area (TPSA) is 86.6 Å². The fourth-order valence-corrected chi connectivity index (χ4v) is 4.49. The molecule has 1 aliphatic rings. The Kier molecular flexibility index (Phi) is 6.88. The summed E-state index contributed by atoms with van der Waals surface area (Å²) in [7, 11) is -1.56. The van der Waals surface area contributed by atoms with Crippen molar-refractivity contribution in [3.8, 4) is 11.4 Å². The van der Waals surface area contributed by atoms with Gasteiger partial charge in [0.1, 0.15) is 5.75 Å². The summed E-state index contributed by atoms with van der Waals surface area (Å²) in [6.07, 6.45) is 5.45. The highest BCUT2D eigenvalue weighted by molar-refractivity contribution is 7.90. The van der Waals surface area contributed by atoms with E-state index in [1.54, 1.807) is 36.1 Å². The highest BCUT2D eigenvalue weighted by Gasteiger charge is 2.21. The Morgan fingerprint density at radius 1 is 1.19 bits per heavy atom. The predicted molar refractivity (Wildman–Crippen MR) is 121 cm³/mol. The minimum absolute atomic E-state index is 0.221. The number of benzene rings is 2. The molecular formula is C23H28N4O4S. The lowest BCUT2D eigenvalue weighted by molar-refractivity contribution is 0.0674. The van der Waals surface area contributed by atoms with Crippen LogP contribution in [0.15, 0.2) is 59.6 Å². The molecule has 32 heavy (non-hydrogen) atoms. The molecule has 1 atom stereocenters. The first-order valence-corrected chi connectivity index (χ1v) is 12.5. The highest BCUT2D eigenvalue weighted by atomic mass is 32.2. The molecule has 1 aromatic heterocycles. The third-order valence-electron chi connectivity index (χ3n) is 5.48. The van der Waals surface area contributed by atoms with E-state index in [4.69, 9.17) is 9.47 Å². The smallest absolute Gasteiger partial charge is 0.175 e. The number of nitrogens with zero attached hydrogens (tertiary/aromatic N) is 4. The Balaban J connectivity index is 1.49. The maximum atomic E-state index is 11.7. The van der Waals surface area contributed by atoms with Crippen LogP contribution in [-0.2, 0) is 27.7 Å². The largest absolute Gasteiger partial charge is 0.497 e. The van der Waals surface area contributed by atoms with E-state index in [1.165, 1.54) is 6.26 Å². The second-order valence-corrected chi connectivity index (χ2v) is 10.1. The summed E-state index contributed by atoms with van der Waals surface area (Å²) < 4.78 is 36.2. The maximum Gasteiger partial charge on any atom is 0.175 e. The lowest BCUT2D eigenvalue weighted by atomic mass is 10.1. The number of hydrogen-bond acceptors (Lipinski definition) is 7. The molecule has 9 heteroatoms. The van der Waals surface area contributed by atoms with Crippen LogP contribution in [0.25, 0.3) is 5.69 Å². The van der Waals surface area contributed by atoms with Crippen molar-refractivity contribution in [1.82, 2.24) is 19.9 Å². The SMILES string of the molecule is COc1cccc(CN(Cc2cn(-c3ccc(S(C)(=O)=O)cc3)nn2)CC2CCCO2)c1. The number of sulfone groups is 1. The highest BCUT2D eigenvalue weighted by Crippen LogP contribution is 2.20. The molecule has 0 radical (unpaired) electrons. The molecule has 0 spiro atoms. The molecule has 1 unspecified atom stereocenters. The average molecular weight is 457 g/mol. The van der Waals surface area contributed by atoms with Crippen LogP contribution < -0.4 is 4.74 Å². The summed E-state index contributed by atoms with van der Waals surface area (Å²) >= 11 is 0. The van der Waals surface area contributed by atoms with Crippen molar-refractivity contribution >= 4 is 9.84 Å². The van der Waals surface area contributed by atoms with Gasteiger partial charge in [0.2, 0.25) is 0 Å². The molecular weight excluding hydrogens is 428 g/mol. The van der Waals surface area contributed by atoms with Crippen LogP contribution in [0.3, 0.4) is 0 Å². The van der Waals surface area contributed by atoms with Crippen LogP contribution in [0, 0.1) is 0 Å². The molecule has 8 nitrogen and oxygen atoms in total. The van der Waals surface area contributed by atoms with E-state index in [9.17, 15) is 8.42 Å². The second-order valence-electron chi connectivity index (χ2n) is 8.08. The van der Waals surface area contributed by atoms with Gasteiger partial charge < -0.3 is 9.47 Å². The van der Waals surface area contributed by atoms with Gasteiger partial charge in [0, 0.05) is 32.5 Å². The van der Waals surface area contributed by atoms with Crippen LogP contribution in [0.2, 0.25) is 0 Å². The van der Waals surface area contributed by atoms with Crippen molar-refractivity contribution in [2.75, 3.05) is 26.5 Å². The normalized spacial score (nSPS) is 16.5. The van der Waals surface area contributed by atoms with E-state index in [1.807, 2.05) is 24.4 Å². The van der Waals surface area contributed by atoms with Crippen LogP contribution >= 0.6 is 0 Å². The fourth-order valence-electron chi connectivity index (χ4n) is 3.86. The summed E-state index contributed by atoms with van der Waals surface area (Å²) in [6.45, 7) is 3.00. The van der Waals surface area contributed by atoms with Crippen LogP contribution in [0.1, 0.15) is 24.1 Å². The molecule has 1 aliphatic heterocycles. The van der Waals surface area contributed by atoms with E-state index in [-0.39, 0.29) is 11.0 Å². The monoisotopic (exact) mass is 456 g/mol. The molecule has 2 aromatic carbocycles. The zero-order valence-electron chi connectivity index (χ0n) is 18.3. The van der Waals surface area contributed by atoms with Gasteiger partial charge in [-0.1, -0.05) is 17.3 Å². The van der Waals surface area contributed by atoms with Gasteiger partial charge in [0.15, 0.2) is 9.84 Å². The van der Waals surface area contributed by atoms with Gasteiger partial charge >= 0.3 is 0 Å². The van der Waals surface area contributed by atoms with E-state index in [0.29, 0.717) is 6.54 Å². The van der Waals surface area contributed by atoms with Crippen LogP contribution in [0.5, 0.6) is 5.75 Å². The first-order valence-electron chi connectivity index (χ1n) is 10.6. The van der Waals surface area contributed by atoms with Crippen molar-refractivity contribution in [2.24, 2.45) is 0 Å². The van der Waals surface area contributed by atoms with E-state index >= 15 is 0 Å². The molecule has 0 saturated carbocycles. The zero-order valence-corrected chi connectivity index (χ0v) is 19.2. The molecule has 3 aromatic rings. The first-order chi connectivity index (χ1) is 15.4. The lowest BCUT2D eigenvalue weighted by Gasteiger charge is -2.24. The Labute approximate surface area is 188 Å². The van der Waals surface area contributed by atoms with Crippen molar-refractivity contribution in [3.05, 3.63) is 66.0 Å². The molecule has 170 valence electrons. The van der Waals surface area contributed by atoms with Crippen molar-refractivity contribution in [2.45, 2.75) is 36.9 Å². The molecule has 0 N–H and O–H groups in total. The molecule has 1 fully saturated rings. The summed E-state index contributed by atoms with van der Waals surface area (Å²) in [5, 5.41) is 8.58. The van der Waals surface area contributed by atoms with Gasteiger partial charge in [0.05, 0.1) is 35.7 Å². The van der Waals surface area contributed by atoms with E-state index in [2.05, 4.69) is 21.3 Å². The standard InChI is InChI=1S/C23H28N4O4S/c1-30-21-6-3-5-18(13-21)14-26(17-22-7-4-12-31-22)15-19-16-27(25-24-19)20-8-10-23(11-9-20)32(2,28)29/h3,5-6,8-11,13,16,22H,4,7,12,14-15,17H2,1-2H3. The molecule has 0 aliphatic carbocycles. The molecule has 0 amide bonds. The summed E-state index contributed by atoms with van der Waals surface area (Å²) in [6, 6.07) is 14.7. The maximum absolute atomic E-state index is 11.7. The van der Waals surface area contributed by atoms with Gasteiger partial charge in [-0.05, 0) is 54.8 Å². The lowest BCUT2D eigenvalue weighted by Crippen LogP contribution is -2.31. The Hall–Kier alpha value is -2.75. The third-order valence-corrected chi connectivity index (χ3v) is 6.61. The van der Waals surface area contributed by atoms with Crippen LogP contribution in [0.4, 0.5) is 0 Å². The second kappa shape index (κ2) is 9.81. The Morgan fingerprint density at radius 3 is 2.69 bits per heavy atom. The van der Waals surface area contributed by atoms with E-state index < -0.39 is 9.84 Å². The van der Waals surface area contributed by atoms with Gasteiger partial charge in [-0.3, -0.25) is 4.90 Å². The van der Waals surface area contributed by atoms with Gasteiger partial charge in [-0.2, -0.15) is 0 Å². The third kappa shape index (κ3) is 5.73. The summed E-state index contributed by atoms with van der Waals surface area (Å²) in [4.78, 5) is 2.59. The molecule has 0 bridgehead atoms. The van der Waals surface area contributed by atoms with Crippen molar-refractivity contribution in [3.63, 3.8) is 0 Å². The number of ether oxygens (including phenoxy) is 2. The van der Waals surface area contributed by atoms with E-state index in [0.717, 1.165) is 55.2 Å². The fraction of sp³-hybridized carbons (Fsp3) is 0.391. The first kappa shape index (κ1) is 22.4. The minimum atomic E-state index is -3.23. The molecule has 2 heterocycles. The number of hydrogen-bond donors (Lipinski definition) is 0. The van der Waals surface area contributed by atoms with Gasteiger partial charge in [-0.15, -0.1) is 5.10 Å².